The number of nitrogens with one attached hydrogen (secondary N) is 1. The van der Waals surface area contributed by atoms with E-state index in [1.165, 1.54) is 11.8 Å². The van der Waals surface area contributed by atoms with Gasteiger partial charge in [-0.15, -0.1) is 11.8 Å². The standard InChI is InChI=1S/C16H16N4O2S/c1-9-5-14(23-2)12(16(22)19-9)8-20-13-6-10(15(17)21)3-4-11(13)7-18-20/h3-7H,8H2,1-2H3,(H2,17,21)(H,19,22). The molecule has 0 fully saturated rings. The summed E-state index contributed by atoms with van der Waals surface area (Å²) in [5.41, 5.74) is 7.88. The van der Waals surface area contributed by atoms with Gasteiger partial charge in [-0.05, 0) is 31.4 Å². The van der Waals surface area contributed by atoms with E-state index in [0.29, 0.717) is 17.7 Å². The van der Waals surface area contributed by atoms with E-state index in [2.05, 4.69) is 10.1 Å². The zero-order valence-corrected chi connectivity index (χ0v) is 13.6. The molecule has 1 aromatic carbocycles. The maximum absolute atomic E-state index is 12.3. The number of aryl methyl sites for hydroxylation is 1. The molecule has 2 heterocycles. The number of nitrogens with zero attached hydrogens (tertiary/aromatic N) is 2. The number of aromatic nitrogens is 3. The van der Waals surface area contributed by atoms with Gasteiger partial charge in [0.2, 0.25) is 5.91 Å². The fourth-order valence-electron chi connectivity index (χ4n) is 2.52. The van der Waals surface area contributed by atoms with Crippen LogP contribution < -0.4 is 11.3 Å². The molecule has 0 unspecified atom stereocenters. The van der Waals surface area contributed by atoms with Crippen molar-refractivity contribution >= 4 is 28.6 Å². The zero-order chi connectivity index (χ0) is 16.6. The highest BCUT2D eigenvalue weighted by Crippen LogP contribution is 2.21. The van der Waals surface area contributed by atoms with Gasteiger partial charge in [-0.2, -0.15) is 5.10 Å². The normalized spacial score (nSPS) is 11.0. The minimum Gasteiger partial charge on any atom is -0.366 e. The van der Waals surface area contributed by atoms with Crippen LogP contribution in [-0.4, -0.2) is 26.9 Å². The second-order valence-corrected chi connectivity index (χ2v) is 6.12. The number of benzene rings is 1. The first-order chi connectivity index (χ1) is 11.0. The van der Waals surface area contributed by atoms with Crippen molar-refractivity contribution in [3.63, 3.8) is 0 Å². The number of pyridine rings is 1. The van der Waals surface area contributed by atoms with Crippen molar-refractivity contribution in [3.8, 4) is 0 Å². The van der Waals surface area contributed by atoms with E-state index >= 15 is 0 Å². The average molecular weight is 328 g/mol. The number of fused-ring (bicyclic) bond motifs is 1. The Hall–Kier alpha value is -2.54. The van der Waals surface area contributed by atoms with Crippen LogP contribution in [0.15, 0.2) is 40.2 Å². The van der Waals surface area contributed by atoms with Crippen molar-refractivity contribution in [2.75, 3.05) is 6.26 Å². The zero-order valence-electron chi connectivity index (χ0n) is 12.8. The fraction of sp³-hybridized carbons (Fsp3) is 0.188. The number of H-pyrrole nitrogens is 1. The lowest BCUT2D eigenvalue weighted by Crippen LogP contribution is -2.18. The molecule has 7 heteroatoms. The van der Waals surface area contributed by atoms with Crippen molar-refractivity contribution in [3.05, 3.63) is 57.6 Å². The molecule has 2 aromatic heterocycles. The molecular formula is C16H16N4O2S. The molecule has 0 radical (unpaired) electrons. The number of rotatable bonds is 4. The van der Waals surface area contributed by atoms with Gasteiger partial charge < -0.3 is 10.7 Å². The van der Waals surface area contributed by atoms with Crippen molar-refractivity contribution < 1.29 is 4.79 Å². The highest BCUT2D eigenvalue weighted by atomic mass is 32.2. The van der Waals surface area contributed by atoms with Crippen molar-refractivity contribution in [1.82, 2.24) is 14.8 Å². The second kappa shape index (κ2) is 5.92. The van der Waals surface area contributed by atoms with Gasteiger partial charge in [0.15, 0.2) is 0 Å². The van der Waals surface area contributed by atoms with Gasteiger partial charge in [0.1, 0.15) is 0 Å². The molecule has 0 spiro atoms. The van der Waals surface area contributed by atoms with Gasteiger partial charge in [-0.25, -0.2) is 0 Å². The Labute approximate surface area is 136 Å². The number of thioether (sulfide) groups is 1. The van der Waals surface area contributed by atoms with Crippen LogP contribution in [0.1, 0.15) is 21.6 Å². The van der Waals surface area contributed by atoms with E-state index < -0.39 is 5.91 Å². The molecule has 0 saturated carbocycles. The second-order valence-electron chi connectivity index (χ2n) is 5.27. The molecule has 3 N–H and O–H groups in total. The summed E-state index contributed by atoms with van der Waals surface area (Å²) in [4.78, 5) is 27.4. The Balaban J connectivity index is 2.11. The summed E-state index contributed by atoms with van der Waals surface area (Å²) < 4.78 is 1.71. The molecule has 0 bridgehead atoms. The van der Waals surface area contributed by atoms with E-state index in [1.807, 2.05) is 19.2 Å². The Morgan fingerprint density at radius 2 is 2.17 bits per heavy atom. The Kier molecular flexibility index (Phi) is 3.96. The van der Waals surface area contributed by atoms with Crippen molar-refractivity contribution in [2.24, 2.45) is 5.73 Å². The highest BCUT2D eigenvalue weighted by Gasteiger charge is 2.12. The number of hydrogen-bond donors (Lipinski definition) is 2. The number of primary amides is 1. The number of carbonyl (C=O) groups excluding carboxylic acids is 1. The molecule has 1 amide bonds. The van der Waals surface area contributed by atoms with Gasteiger partial charge >= 0.3 is 0 Å². The maximum Gasteiger partial charge on any atom is 0.254 e. The Morgan fingerprint density at radius 3 is 2.87 bits per heavy atom. The minimum absolute atomic E-state index is 0.121. The largest absolute Gasteiger partial charge is 0.366 e. The molecule has 3 aromatic rings. The third-order valence-corrected chi connectivity index (χ3v) is 4.49. The first-order valence-corrected chi connectivity index (χ1v) is 8.24. The molecule has 0 aliphatic heterocycles. The lowest BCUT2D eigenvalue weighted by atomic mass is 10.1. The summed E-state index contributed by atoms with van der Waals surface area (Å²) in [7, 11) is 0. The van der Waals surface area contributed by atoms with Gasteiger partial charge in [-0.3, -0.25) is 14.3 Å². The summed E-state index contributed by atoms with van der Waals surface area (Å²) in [6.45, 7) is 2.19. The predicted molar refractivity (Wildman–Crippen MR) is 90.9 cm³/mol. The van der Waals surface area contributed by atoms with Crippen LogP contribution in [0, 0.1) is 6.92 Å². The van der Waals surface area contributed by atoms with Gasteiger partial charge in [0, 0.05) is 21.5 Å². The van der Waals surface area contributed by atoms with E-state index in [0.717, 1.165) is 21.5 Å². The molecular weight excluding hydrogens is 312 g/mol. The fourth-order valence-corrected chi connectivity index (χ4v) is 3.22. The monoisotopic (exact) mass is 328 g/mol. The van der Waals surface area contributed by atoms with Gasteiger partial charge in [-0.1, -0.05) is 6.07 Å². The van der Waals surface area contributed by atoms with E-state index in [-0.39, 0.29) is 5.56 Å². The smallest absolute Gasteiger partial charge is 0.254 e. The van der Waals surface area contributed by atoms with Crippen LogP contribution in [0.2, 0.25) is 0 Å². The molecule has 3 rings (SSSR count). The number of aromatic amines is 1. The molecule has 23 heavy (non-hydrogen) atoms. The Bertz CT molecular complexity index is 958. The molecule has 118 valence electrons. The number of hydrogen-bond acceptors (Lipinski definition) is 4. The van der Waals surface area contributed by atoms with Crippen LogP contribution in [0.5, 0.6) is 0 Å². The van der Waals surface area contributed by atoms with Crippen LogP contribution >= 0.6 is 11.8 Å². The van der Waals surface area contributed by atoms with E-state index in [4.69, 9.17) is 5.73 Å². The topological polar surface area (TPSA) is 93.8 Å². The first-order valence-electron chi connectivity index (χ1n) is 7.01. The van der Waals surface area contributed by atoms with Crippen molar-refractivity contribution in [1.29, 1.82) is 0 Å². The summed E-state index contributed by atoms with van der Waals surface area (Å²) in [6.07, 6.45) is 3.64. The first kappa shape index (κ1) is 15.4. The highest BCUT2D eigenvalue weighted by molar-refractivity contribution is 7.98. The number of carbonyl (C=O) groups is 1. The van der Waals surface area contributed by atoms with Gasteiger partial charge in [0.05, 0.1) is 23.8 Å². The third kappa shape index (κ3) is 2.87. The van der Waals surface area contributed by atoms with Crippen LogP contribution in [0.4, 0.5) is 0 Å². The molecule has 0 aliphatic rings. The minimum atomic E-state index is -0.488. The quantitative estimate of drug-likeness (QED) is 0.715. The summed E-state index contributed by atoms with van der Waals surface area (Å²) in [5, 5.41) is 5.23. The lowest BCUT2D eigenvalue weighted by molar-refractivity contribution is 0.100. The summed E-state index contributed by atoms with van der Waals surface area (Å²) in [6, 6.07) is 7.12. The molecule has 6 nitrogen and oxygen atoms in total. The molecule has 0 aliphatic carbocycles. The number of amides is 1. The third-order valence-electron chi connectivity index (χ3n) is 3.69. The SMILES string of the molecule is CSc1cc(C)[nH]c(=O)c1Cn1ncc2ccc(C(N)=O)cc21. The van der Waals surface area contributed by atoms with Crippen molar-refractivity contribution in [2.45, 2.75) is 18.4 Å². The van der Waals surface area contributed by atoms with Gasteiger partial charge in [0.25, 0.3) is 5.56 Å². The van der Waals surface area contributed by atoms with Crippen LogP contribution in [-0.2, 0) is 6.54 Å². The lowest BCUT2D eigenvalue weighted by Gasteiger charge is -2.09. The summed E-state index contributed by atoms with van der Waals surface area (Å²) >= 11 is 1.52. The van der Waals surface area contributed by atoms with Crippen LogP contribution in [0.3, 0.4) is 0 Å². The average Bonchev–Trinajstić information content (AvgIpc) is 2.91. The number of nitrogens with two attached hydrogens (primary N) is 1. The van der Waals surface area contributed by atoms with Crippen LogP contribution in [0.25, 0.3) is 10.9 Å². The summed E-state index contributed by atoms with van der Waals surface area (Å²) in [5.74, 6) is -0.488. The van der Waals surface area contributed by atoms with E-state index in [9.17, 15) is 9.59 Å². The maximum atomic E-state index is 12.3. The molecule has 0 atom stereocenters. The molecule has 0 saturated heterocycles. The van der Waals surface area contributed by atoms with E-state index in [1.54, 1.807) is 29.1 Å². The predicted octanol–water partition coefficient (Wildman–Crippen LogP) is 1.90. The Morgan fingerprint density at radius 1 is 1.39 bits per heavy atom.